The summed E-state index contributed by atoms with van der Waals surface area (Å²) >= 11 is 0. The van der Waals surface area contributed by atoms with Gasteiger partial charge in [0.1, 0.15) is 6.61 Å². The topological polar surface area (TPSA) is 131 Å². The van der Waals surface area contributed by atoms with Gasteiger partial charge in [0.2, 0.25) is 0 Å². The van der Waals surface area contributed by atoms with E-state index in [1.54, 1.807) is 24.3 Å². The van der Waals surface area contributed by atoms with Gasteiger partial charge in [-0.3, -0.25) is 0 Å². The Balaban J connectivity index is 0. The van der Waals surface area contributed by atoms with E-state index in [4.69, 9.17) is 4.74 Å². The van der Waals surface area contributed by atoms with Crippen LogP contribution in [0.4, 0.5) is 4.79 Å². The Bertz CT molecular complexity index is 532. The van der Waals surface area contributed by atoms with Crippen LogP contribution in [0, 0.1) is 0 Å². The fraction of sp³-hybridized carbons (Fsp3) is 0.333. The van der Waals surface area contributed by atoms with Crippen molar-refractivity contribution >= 4 is 19.4 Å². The Kier molecular flexibility index (Phi) is 13.6. The minimum Gasteiger partial charge on any atom is -0.797 e. The van der Waals surface area contributed by atoms with Gasteiger partial charge in [-0.25, -0.2) is 4.79 Å². The minimum absolute atomic E-state index is 0. The van der Waals surface area contributed by atoms with E-state index in [1.165, 1.54) is 0 Å². The Hall–Kier alpha value is -0.695. The molecular formula is C12H15Li2N2O6P. The van der Waals surface area contributed by atoms with Crippen molar-refractivity contribution < 1.29 is 66.6 Å². The van der Waals surface area contributed by atoms with Crippen LogP contribution in [0.15, 0.2) is 30.3 Å². The van der Waals surface area contributed by atoms with E-state index >= 15 is 0 Å². The maximum Gasteiger partial charge on any atom is 1.00 e. The summed E-state index contributed by atoms with van der Waals surface area (Å²) in [5.74, 6) is -1.41. The summed E-state index contributed by atoms with van der Waals surface area (Å²) in [6, 6.07) is 8.90. The molecule has 0 saturated heterocycles. The molecule has 1 atom stereocenters. The van der Waals surface area contributed by atoms with Gasteiger partial charge in [0.15, 0.2) is 0 Å². The van der Waals surface area contributed by atoms with Gasteiger partial charge in [-0.1, -0.05) is 30.3 Å². The predicted molar refractivity (Wildman–Crippen MR) is 70.1 cm³/mol. The maximum absolute atomic E-state index is 11.5. The van der Waals surface area contributed by atoms with Crippen molar-refractivity contribution in [3.8, 4) is 0 Å². The molecule has 0 aliphatic heterocycles. The zero-order valence-corrected chi connectivity index (χ0v) is 14.0. The second kappa shape index (κ2) is 12.7. The second-order valence-electron chi connectivity index (χ2n) is 4.17. The maximum atomic E-state index is 11.5. The number of aliphatic carboxylic acids is 1. The van der Waals surface area contributed by atoms with Crippen molar-refractivity contribution in [1.29, 1.82) is 0 Å². The molecule has 0 bridgehead atoms. The zero-order chi connectivity index (χ0) is 15.7. The number of amides is 1. The van der Waals surface area contributed by atoms with Crippen LogP contribution in [-0.2, 0) is 20.7 Å². The van der Waals surface area contributed by atoms with E-state index in [9.17, 15) is 24.2 Å². The van der Waals surface area contributed by atoms with E-state index in [-0.39, 0.29) is 44.3 Å². The van der Waals surface area contributed by atoms with Gasteiger partial charge in [-0.15, -0.1) is 0 Å². The van der Waals surface area contributed by atoms with Gasteiger partial charge < -0.3 is 34.7 Å². The van der Waals surface area contributed by atoms with Crippen LogP contribution in [0.5, 0.6) is 0 Å². The van der Waals surface area contributed by atoms with Crippen molar-refractivity contribution in [3.05, 3.63) is 35.9 Å². The third-order valence-corrected chi connectivity index (χ3v) is 3.64. The number of carbonyl (C=O) groups is 2. The van der Waals surface area contributed by atoms with Gasteiger partial charge in [-0.2, -0.15) is 0 Å². The third-order valence-electron chi connectivity index (χ3n) is 2.30. The quantitative estimate of drug-likeness (QED) is 0.358. The number of rotatable bonds is 8. The fourth-order valence-electron chi connectivity index (χ4n) is 1.34. The van der Waals surface area contributed by atoms with Gasteiger partial charge in [-0.05, 0) is 5.56 Å². The largest absolute Gasteiger partial charge is 1.00 e. The minimum atomic E-state index is -3.96. The Morgan fingerprint density at radius 1 is 1.13 bits per heavy atom. The summed E-state index contributed by atoms with van der Waals surface area (Å²) in [5.41, 5.74) is 0.772. The number of carboxylic acid groups (broad SMARTS) is 1. The van der Waals surface area contributed by atoms with Crippen molar-refractivity contribution in [1.82, 2.24) is 10.6 Å². The molecule has 1 aromatic rings. The second-order valence-corrected chi connectivity index (χ2v) is 6.43. The number of hydrogen-bond donors (Lipinski definition) is 2. The molecule has 116 valence electrons. The molecule has 0 aliphatic carbocycles. The number of nitrogens with one attached hydrogen (secondary N) is 2. The molecule has 0 heterocycles. The van der Waals surface area contributed by atoms with Crippen LogP contribution in [0.2, 0.25) is 0 Å². The van der Waals surface area contributed by atoms with Crippen molar-refractivity contribution in [2.75, 3.05) is 19.1 Å². The number of alkyl carbamates (subject to hydrolysis) is 1. The first-order valence-corrected chi connectivity index (χ1v) is 8.03. The molecule has 0 fully saturated rings. The molecule has 1 rings (SSSR count). The first-order valence-electron chi connectivity index (χ1n) is 6.03. The van der Waals surface area contributed by atoms with Gasteiger partial charge in [0.05, 0.1) is 12.3 Å². The van der Waals surface area contributed by atoms with Crippen molar-refractivity contribution in [3.63, 3.8) is 0 Å². The summed E-state index contributed by atoms with van der Waals surface area (Å²) in [6.07, 6.45) is -2.05. The molecule has 0 aliphatic rings. The van der Waals surface area contributed by atoms with Crippen LogP contribution < -0.4 is 58.4 Å². The molecule has 0 spiro atoms. The van der Waals surface area contributed by atoms with Crippen LogP contribution in [0.25, 0.3) is 0 Å². The van der Waals surface area contributed by atoms with Crippen LogP contribution in [-0.4, -0.2) is 31.2 Å². The average molecular weight is 328 g/mol. The smallest absolute Gasteiger partial charge is 0.797 e. The standard InChI is InChI=1S/C12H17N2O6P.2Li/c15-11(16)6-13-8-21(18,19)9-14-12(17)20-7-10-4-2-1-3-5-10;;/h1-5,13H,6-9H2,(H,14,17)(H,15,16)(H,18,19);;/q;2*+1/p-2. The number of hydrogen-bond acceptors (Lipinski definition) is 7. The molecular weight excluding hydrogens is 313 g/mol. The molecule has 2 N–H and O–H groups in total. The number of carboxylic acids is 1. The van der Waals surface area contributed by atoms with E-state index < -0.39 is 38.5 Å². The van der Waals surface area contributed by atoms with Gasteiger partial charge >= 0.3 is 43.8 Å². The summed E-state index contributed by atoms with van der Waals surface area (Å²) in [4.78, 5) is 32.9. The molecule has 0 radical (unpaired) electrons. The Labute approximate surface area is 158 Å². The number of carbonyl (C=O) groups excluding carboxylic acids is 2. The van der Waals surface area contributed by atoms with Gasteiger partial charge in [0.25, 0.3) is 0 Å². The van der Waals surface area contributed by atoms with E-state index in [2.05, 4.69) is 10.6 Å². The third kappa shape index (κ3) is 12.4. The van der Waals surface area contributed by atoms with Crippen molar-refractivity contribution in [2.45, 2.75) is 6.61 Å². The molecule has 8 nitrogen and oxygen atoms in total. The molecule has 1 amide bonds. The SMILES string of the molecule is O=C([O-])CNCP(=O)([O-])CNC(=O)OCc1ccccc1.[Li+].[Li+]. The molecule has 0 aromatic heterocycles. The van der Waals surface area contributed by atoms with E-state index in [0.29, 0.717) is 0 Å². The Morgan fingerprint density at radius 2 is 1.74 bits per heavy atom. The summed E-state index contributed by atoms with van der Waals surface area (Å²) in [6.45, 7) is -0.552. The average Bonchev–Trinajstić information content (AvgIpc) is 2.43. The van der Waals surface area contributed by atoms with Crippen LogP contribution in [0.1, 0.15) is 5.56 Å². The normalized spacial score (nSPS) is 12.0. The van der Waals surface area contributed by atoms with Crippen LogP contribution in [0.3, 0.4) is 0 Å². The predicted octanol–water partition coefficient (Wildman–Crippen LogP) is -7.19. The fourth-order valence-corrected chi connectivity index (χ4v) is 2.28. The molecule has 1 unspecified atom stereocenters. The van der Waals surface area contributed by atoms with E-state index in [1.807, 2.05) is 6.07 Å². The number of ether oxygens (including phenoxy) is 1. The zero-order valence-electron chi connectivity index (χ0n) is 13.1. The summed E-state index contributed by atoms with van der Waals surface area (Å²) in [5, 5.41) is 14.4. The Morgan fingerprint density at radius 3 is 2.30 bits per heavy atom. The molecule has 23 heavy (non-hydrogen) atoms. The monoisotopic (exact) mass is 328 g/mol. The summed E-state index contributed by atoms with van der Waals surface area (Å²) < 4.78 is 16.3. The summed E-state index contributed by atoms with van der Waals surface area (Å²) in [7, 11) is -3.96. The molecule has 1 aromatic carbocycles. The first kappa shape index (κ1) is 24.6. The molecule has 0 saturated carbocycles. The van der Waals surface area contributed by atoms with Crippen molar-refractivity contribution in [2.24, 2.45) is 0 Å². The van der Waals surface area contributed by atoms with E-state index in [0.717, 1.165) is 5.56 Å². The van der Waals surface area contributed by atoms with Crippen LogP contribution >= 0.6 is 7.37 Å². The number of benzene rings is 1. The van der Waals surface area contributed by atoms with Gasteiger partial charge in [0, 0.05) is 20.2 Å². The first-order chi connectivity index (χ1) is 9.89. The molecule has 11 heteroatoms.